The zero-order chi connectivity index (χ0) is 13.9. The first-order chi connectivity index (χ1) is 8.94. The molecule has 2 N–H and O–H groups in total. The molecule has 100 valence electrons. The van der Waals surface area contributed by atoms with Crippen LogP contribution in [0.4, 0.5) is 5.82 Å². The number of carbonyl (C=O) groups is 1. The lowest BCUT2D eigenvalue weighted by Gasteiger charge is -2.20. The molecule has 0 aliphatic rings. The second-order valence-corrected chi connectivity index (χ2v) is 5.40. The lowest BCUT2D eigenvalue weighted by Crippen LogP contribution is -2.43. The van der Waals surface area contributed by atoms with Crippen molar-refractivity contribution in [2.75, 3.05) is 11.9 Å². The van der Waals surface area contributed by atoms with Crippen molar-refractivity contribution in [2.45, 2.75) is 26.3 Å². The van der Waals surface area contributed by atoms with Crippen LogP contribution < -0.4 is 10.6 Å². The van der Waals surface area contributed by atoms with E-state index in [1.807, 2.05) is 45.0 Å². The van der Waals surface area contributed by atoms with Crippen LogP contribution in [0.5, 0.6) is 0 Å². The molecule has 2 aromatic rings. The van der Waals surface area contributed by atoms with E-state index in [-0.39, 0.29) is 18.0 Å². The molecule has 0 atom stereocenters. The minimum Gasteiger partial charge on any atom is -0.360 e. The Morgan fingerprint density at radius 1 is 1.21 bits per heavy atom. The van der Waals surface area contributed by atoms with Gasteiger partial charge < -0.3 is 10.6 Å². The summed E-state index contributed by atoms with van der Waals surface area (Å²) in [7, 11) is 0. The fourth-order valence-corrected chi connectivity index (χ4v) is 1.68. The zero-order valence-corrected chi connectivity index (χ0v) is 11.4. The molecule has 0 unspecified atom stereocenters. The fourth-order valence-electron chi connectivity index (χ4n) is 1.68. The number of anilines is 1. The summed E-state index contributed by atoms with van der Waals surface area (Å²) in [5.41, 5.74) is 1.42. The number of fused-ring (bicyclic) bond motifs is 1. The number of benzene rings is 1. The Morgan fingerprint density at radius 2 is 1.89 bits per heavy atom. The summed E-state index contributed by atoms with van der Waals surface area (Å²) in [6.45, 7) is 6.02. The van der Waals surface area contributed by atoms with E-state index in [0.29, 0.717) is 5.82 Å². The first kappa shape index (κ1) is 13.3. The molecule has 1 aromatic carbocycles. The Labute approximate surface area is 112 Å². The highest BCUT2D eigenvalue weighted by molar-refractivity contribution is 5.81. The molecule has 5 nitrogen and oxygen atoms in total. The molecule has 1 aromatic heterocycles. The van der Waals surface area contributed by atoms with Crippen molar-refractivity contribution in [3.8, 4) is 0 Å². The smallest absolute Gasteiger partial charge is 0.239 e. The standard InChI is InChI=1S/C14H18N4O/c1-14(2,3)18-13(19)9-16-12-8-15-10-6-4-5-7-11(10)17-12/h4-8H,9H2,1-3H3,(H,16,17)(H,18,19). The molecule has 0 aliphatic heterocycles. The third kappa shape index (κ3) is 3.91. The maximum atomic E-state index is 11.7. The molecule has 0 radical (unpaired) electrons. The number of nitrogens with zero attached hydrogens (tertiary/aromatic N) is 2. The highest BCUT2D eigenvalue weighted by atomic mass is 16.2. The molecule has 19 heavy (non-hydrogen) atoms. The topological polar surface area (TPSA) is 66.9 Å². The van der Waals surface area contributed by atoms with E-state index in [4.69, 9.17) is 0 Å². The number of amides is 1. The van der Waals surface area contributed by atoms with E-state index in [9.17, 15) is 4.79 Å². The van der Waals surface area contributed by atoms with Gasteiger partial charge in [-0.25, -0.2) is 4.98 Å². The van der Waals surface area contributed by atoms with Gasteiger partial charge in [-0.15, -0.1) is 0 Å². The first-order valence-electron chi connectivity index (χ1n) is 6.21. The average Bonchev–Trinajstić information content (AvgIpc) is 2.34. The normalized spacial score (nSPS) is 11.3. The van der Waals surface area contributed by atoms with Crippen LogP contribution in [0.2, 0.25) is 0 Å². The van der Waals surface area contributed by atoms with Gasteiger partial charge in [-0.05, 0) is 32.9 Å². The van der Waals surface area contributed by atoms with E-state index < -0.39 is 0 Å². The molecule has 0 saturated heterocycles. The van der Waals surface area contributed by atoms with Crippen molar-refractivity contribution in [1.29, 1.82) is 0 Å². The monoisotopic (exact) mass is 258 g/mol. The third-order valence-electron chi connectivity index (χ3n) is 2.39. The van der Waals surface area contributed by atoms with Crippen molar-refractivity contribution in [3.05, 3.63) is 30.5 Å². The summed E-state index contributed by atoms with van der Waals surface area (Å²) < 4.78 is 0. The molecule has 1 heterocycles. The number of aromatic nitrogens is 2. The van der Waals surface area contributed by atoms with Crippen LogP contribution in [0.1, 0.15) is 20.8 Å². The van der Waals surface area contributed by atoms with Crippen molar-refractivity contribution in [2.24, 2.45) is 0 Å². The third-order valence-corrected chi connectivity index (χ3v) is 2.39. The molecule has 0 aliphatic carbocycles. The molecule has 2 rings (SSSR count). The minimum atomic E-state index is -0.228. The predicted octanol–water partition coefficient (Wildman–Crippen LogP) is 1.96. The Balaban J connectivity index is 2.00. The number of nitrogens with one attached hydrogen (secondary N) is 2. The quantitative estimate of drug-likeness (QED) is 0.883. The van der Waals surface area contributed by atoms with Gasteiger partial charge in [0.2, 0.25) is 5.91 Å². The van der Waals surface area contributed by atoms with Gasteiger partial charge in [-0.1, -0.05) is 12.1 Å². The summed E-state index contributed by atoms with van der Waals surface area (Å²) in [4.78, 5) is 20.3. The van der Waals surface area contributed by atoms with Gasteiger partial charge in [0.1, 0.15) is 5.82 Å². The molecule has 5 heteroatoms. The van der Waals surface area contributed by atoms with Gasteiger partial charge in [-0.2, -0.15) is 0 Å². The number of carbonyl (C=O) groups excluding carboxylic acids is 1. The Hall–Kier alpha value is -2.17. The maximum Gasteiger partial charge on any atom is 0.239 e. The molecular formula is C14H18N4O. The number of hydrogen-bond donors (Lipinski definition) is 2. The molecule has 0 fully saturated rings. The van der Waals surface area contributed by atoms with Gasteiger partial charge in [0.05, 0.1) is 23.8 Å². The second-order valence-electron chi connectivity index (χ2n) is 5.40. The second kappa shape index (κ2) is 5.22. The van der Waals surface area contributed by atoms with Crippen LogP contribution in [0.25, 0.3) is 11.0 Å². The largest absolute Gasteiger partial charge is 0.360 e. The van der Waals surface area contributed by atoms with Crippen LogP contribution in [-0.4, -0.2) is 28.0 Å². The molecular weight excluding hydrogens is 240 g/mol. The Morgan fingerprint density at radius 3 is 2.58 bits per heavy atom. The van der Waals surface area contributed by atoms with Crippen LogP contribution in [-0.2, 0) is 4.79 Å². The van der Waals surface area contributed by atoms with E-state index in [2.05, 4.69) is 20.6 Å². The van der Waals surface area contributed by atoms with E-state index in [0.717, 1.165) is 11.0 Å². The van der Waals surface area contributed by atoms with Gasteiger partial charge >= 0.3 is 0 Å². The summed E-state index contributed by atoms with van der Waals surface area (Å²) in [5, 5.41) is 5.85. The van der Waals surface area contributed by atoms with Crippen molar-refractivity contribution in [3.63, 3.8) is 0 Å². The van der Waals surface area contributed by atoms with Crippen LogP contribution in [0.15, 0.2) is 30.5 Å². The number of hydrogen-bond acceptors (Lipinski definition) is 4. The van der Waals surface area contributed by atoms with Crippen molar-refractivity contribution < 1.29 is 4.79 Å². The van der Waals surface area contributed by atoms with Crippen LogP contribution in [0.3, 0.4) is 0 Å². The van der Waals surface area contributed by atoms with E-state index in [1.165, 1.54) is 0 Å². The van der Waals surface area contributed by atoms with Crippen molar-refractivity contribution >= 4 is 22.8 Å². The molecule has 0 spiro atoms. The van der Waals surface area contributed by atoms with E-state index >= 15 is 0 Å². The van der Waals surface area contributed by atoms with Crippen molar-refractivity contribution in [1.82, 2.24) is 15.3 Å². The summed E-state index contributed by atoms with van der Waals surface area (Å²) in [5.74, 6) is 0.533. The maximum absolute atomic E-state index is 11.7. The SMILES string of the molecule is CC(C)(C)NC(=O)CNc1cnc2ccccc2n1. The van der Waals surface area contributed by atoms with Gasteiger partial charge in [0.25, 0.3) is 0 Å². The lowest BCUT2D eigenvalue weighted by molar-refractivity contribution is -0.120. The van der Waals surface area contributed by atoms with Gasteiger partial charge in [0, 0.05) is 5.54 Å². The summed E-state index contributed by atoms with van der Waals surface area (Å²) in [6.07, 6.45) is 1.63. The first-order valence-corrected chi connectivity index (χ1v) is 6.21. The number of rotatable bonds is 3. The highest BCUT2D eigenvalue weighted by Crippen LogP contribution is 2.10. The molecule has 0 bridgehead atoms. The minimum absolute atomic E-state index is 0.0672. The highest BCUT2D eigenvalue weighted by Gasteiger charge is 2.13. The summed E-state index contributed by atoms with van der Waals surface area (Å²) >= 11 is 0. The average molecular weight is 258 g/mol. The summed E-state index contributed by atoms with van der Waals surface area (Å²) in [6, 6.07) is 7.62. The van der Waals surface area contributed by atoms with Gasteiger partial charge in [-0.3, -0.25) is 9.78 Å². The fraction of sp³-hybridized carbons (Fsp3) is 0.357. The predicted molar refractivity (Wildman–Crippen MR) is 75.9 cm³/mol. The zero-order valence-electron chi connectivity index (χ0n) is 11.4. The van der Waals surface area contributed by atoms with E-state index in [1.54, 1.807) is 6.20 Å². The lowest BCUT2D eigenvalue weighted by atomic mass is 10.1. The van der Waals surface area contributed by atoms with Crippen LogP contribution >= 0.6 is 0 Å². The Bertz CT molecular complexity index is 589. The van der Waals surface area contributed by atoms with Crippen LogP contribution in [0, 0.1) is 0 Å². The Kier molecular flexibility index (Phi) is 3.64. The molecule has 1 amide bonds. The van der Waals surface area contributed by atoms with Gasteiger partial charge in [0.15, 0.2) is 0 Å². The molecule has 0 saturated carbocycles. The number of para-hydroxylation sites is 2.